The summed E-state index contributed by atoms with van der Waals surface area (Å²) in [6.45, 7) is 7.31. The monoisotopic (exact) mass is 395 g/mol. The standard InChI is InChI=1S/C23H29N3O3/c1-18-16-24(17-19-6-2-5-9-22(19)29-18)11-10-23(28)26-14-12-25(13-15-26)20-7-3-4-8-21(20)27/h2-9,18,27H,10-17H2,1H3. The zero-order chi connectivity index (χ0) is 20.2. The molecule has 0 aromatic heterocycles. The number of phenolic OH excluding ortho intramolecular Hbond substituents is 1. The van der Waals surface area contributed by atoms with Crippen LogP contribution in [-0.2, 0) is 11.3 Å². The first-order valence-corrected chi connectivity index (χ1v) is 10.4. The van der Waals surface area contributed by atoms with Crippen LogP contribution in [0.25, 0.3) is 0 Å². The van der Waals surface area contributed by atoms with Gasteiger partial charge in [-0.2, -0.15) is 0 Å². The molecule has 6 heteroatoms. The number of benzene rings is 2. The smallest absolute Gasteiger partial charge is 0.223 e. The van der Waals surface area contributed by atoms with Gasteiger partial charge in [-0.05, 0) is 25.1 Å². The predicted octanol–water partition coefficient (Wildman–Crippen LogP) is 2.71. The van der Waals surface area contributed by atoms with Gasteiger partial charge in [0.05, 0.1) is 5.69 Å². The van der Waals surface area contributed by atoms with Gasteiger partial charge in [0.15, 0.2) is 0 Å². The maximum atomic E-state index is 12.8. The number of carbonyl (C=O) groups is 1. The van der Waals surface area contributed by atoms with Crippen molar-refractivity contribution in [2.45, 2.75) is 26.0 Å². The van der Waals surface area contributed by atoms with Crippen molar-refractivity contribution in [3.63, 3.8) is 0 Å². The number of hydrogen-bond acceptors (Lipinski definition) is 5. The molecule has 1 N–H and O–H groups in total. The van der Waals surface area contributed by atoms with Crippen LogP contribution in [-0.4, -0.2) is 66.2 Å². The molecule has 4 rings (SSSR count). The molecule has 1 fully saturated rings. The molecule has 1 unspecified atom stereocenters. The molecule has 1 saturated heterocycles. The second-order valence-corrected chi connectivity index (χ2v) is 7.88. The van der Waals surface area contributed by atoms with Crippen LogP contribution >= 0.6 is 0 Å². The van der Waals surface area contributed by atoms with Crippen LogP contribution in [0.1, 0.15) is 18.9 Å². The summed E-state index contributed by atoms with van der Waals surface area (Å²) in [4.78, 5) is 19.2. The number of ether oxygens (including phenoxy) is 1. The third-order valence-electron chi connectivity index (χ3n) is 5.71. The summed E-state index contributed by atoms with van der Waals surface area (Å²) in [6, 6.07) is 15.5. The van der Waals surface area contributed by atoms with E-state index in [0.29, 0.717) is 25.3 Å². The molecule has 0 aliphatic carbocycles. The van der Waals surface area contributed by atoms with Crippen molar-refractivity contribution in [3.05, 3.63) is 54.1 Å². The molecular weight excluding hydrogens is 366 g/mol. The SMILES string of the molecule is CC1CN(CCC(=O)N2CCN(c3ccccc3O)CC2)Cc2ccccc2O1. The molecule has 1 atom stereocenters. The molecule has 2 aromatic rings. The summed E-state index contributed by atoms with van der Waals surface area (Å²) in [5.41, 5.74) is 2.03. The number of anilines is 1. The maximum Gasteiger partial charge on any atom is 0.223 e. The molecule has 29 heavy (non-hydrogen) atoms. The Morgan fingerprint density at radius 1 is 1.07 bits per heavy atom. The summed E-state index contributed by atoms with van der Waals surface area (Å²) in [5.74, 6) is 1.45. The number of phenols is 1. The van der Waals surface area contributed by atoms with E-state index in [1.807, 2.05) is 41.3 Å². The van der Waals surface area contributed by atoms with Crippen molar-refractivity contribution in [2.24, 2.45) is 0 Å². The lowest BCUT2D eigenvalue weighted by Gasteiger charge is -2.36. The molecule has 0 saturated carbocycles. The average molecular weight is 396 g/mol. The molecule has 2 aromatic carbocycles. The Balaban J connectivity index is 1.29. The van der Waals surface area contributed by atoms with Crippen molar-refractivity contribution in [1.82, 2.24) is 9.80 Å². The molecule has 0 spiro atoms. The van der Waals surface area contributed by atoms with Crippen molar-refractivity contribution >= 4 is 11.6 Å². The van der Waals surface area contributed by atoms with Crippen LogP contribution < -0.4 is 9.64 Å². The van der Waals surface area contributed by atoms with Gasteiger partial charge in [-0.25, -0.2) is 0 Å². The van der Waals surface area contributed by atoms with E-state index in [2.05, 4.69) is 22.8 Å². The molecule has 2 aliphatic rings. The number of para-hydroxylation sites is 3. The highest BCUT2D eigenvalue weighted by Gasteiger charge is 2.24. The lowest BCUT2D eigenvalue weighted by molar-refractivity contribution is -0.131. The Labute approximate surface area is 172 Å². The number of carbonyl (C=O) groups excluding carboxylic acids is 1. The van der Waals surface area contributed by atoms with Gasteiger partial charge in [0, 0.05) is 57.8 Å². The van der Waals surface area contributed by atoms with Gasteiger partial charge in [0.2, 0.25) is 5.91 Å². The van der Waals surface area contributed by atoms with Crippen LogP contribution in [0.5, 0.6) is 11.5 Å². The minimum atomic E-state index is 0.107. The van der Waals surface area contributed by atoms with Gasteiger partial charge in [-0.1, -0.05) is 30.3 Å². The fourth-order valence-corrected chi connectivity index (χ4v) is 4.18. The second-order valence-electron chi connectivity index (χ2n) is 7.88. The Bertz CT molecular complexity index is 849. The van der Waals surface area contributed by atoms with E-state index in [-0.39, 0.29) is 12.0 Å². The quantitative estimate of drug-likeness (QED) is 0.863. The first-order valence-electron chi connectivity index (χ1n) is 10.4. The third-order valence-corrected chi connectivity index (χ3v) is 5.71. The van der Waals surface area contributed by atoms with Crippen LogP contribution in [0, 0.1) is 0 Å². The lowest BCUT2D eigenvalue weighted by atomic mass is 10.2. The van der Waals surface area contributed by atoms with E-state index >= 15 is 0 Å². The first-order chi connectivity index (χ1) is 14.1. The predicted molar refractivity (Wildman–Crippen MR) is 113 cm³/mol. The average Bonchev–Trinajstić information content (AvgIpc) is 2.90. The van der Waals surface area contributed by atoms with Gasteiger partial charge < -0.3 is 19.6 Å². The number of hydrogen-bond donors (Lipinski definition) is 1. The van der Waals surface area contributed by atoms with Gasteiger partial charge in [-0.15, -0.1) is 0 Å². The highest BCUT2D eigenvalue weighted by Crippen LogP contribution is 2.27. The summed E-state index contributed by atoms with van der Waals surface area (Å²) >= 11 is 0. The van der Waals surface area contributed by atoms with E-state index in [4.69, 9.17) is 4.74 Å². The minimum Gasteiger partial charge on any atom is -0.506 e. The Morgan fingerprint density at radius 3 is 2.59 bits per heavy atom. The van der Waals surface area contributed by atoms with E-state index in [0.717, 1.165) is 44.2 Å². The molecule has 154 valence electrons. The van der Waals surface area contributed by atoms with E-state index < -0.39 is 0 Å². The topological polar surface area (TPSA) is 56.3 Å². The minimum absolute atomic E-state index is 0.107. The lowest BCUT2D eigenvalue weighted by Crippen LogP contribution is -2.49. The zero-order valence-corrected chi connectivity index (χ0v) is 17.0. The molecule has 2 heterocycles. The second kappa shape index (κ2) is 8.74. The van der Waals surface area contributed by atoms with Crippen molar-refractivity contribution < 1.29 is 14.6 Å². The van der Waals surface area contributed by atoms with Crippen LogP contribution in [0.2, 0.25) is 0 Å². The van der Waals surface area contributed by atoms with Gasteiger partial charge in [0.25, 0.3) is 0 Å². The number of piperazine rings is 1. The molecular formula is C23H29N3O3. The molecule has 1 amide bonds. The van der Waals surface area contributed by atoms with Crippen LogP contribution in [0.15, 0.2) is 48.5 Å². The summed E-state index contributed by atoms with van der Waals surface area (Å²) in [6.07, 6.45) is 0.627. The maximum absolute atomic E-state index is 12.8. The van der Waals surface area contributed by atoms with E-state index in [9.17, 15) is 9.90 Å². The number of rotatable bonds is 4. The summed E-state index contributed by atoms with van der Waals surface area (Å²) in [7, 11) is 0. The highest BCUT2D eigenvalue weighted by molar-refractivity contribution is 5.76. The Hall–Kier alpha value is -2.73. The number of nitrogens with zero attached hydrogens (tertiary/aromatic N) is 3. The first kappa shape index (κ1) is 19.6. The number of aromatic hydroxyl groups is 1. The van der Waals surface area contributed by atoms with E-state index in [1.54, 1.807) is 6.07 Å². The summed E-state index contributed by atoms with van der Waals surface area (Å²) < 4.78 is 6.01. The molecule has 6 nitrogen and oxygen atoms in total. The third kappa shape index (κ3) is 4.65. The van der Waals surface area contributed by atoms with Gasteiger partial charge in [-0.3, -0.25) is 9.69 Å². The highest BCUT2D eigenvalue weighted by atomic mass is 16.5. The van der Waals surface area contributed by atoms with Crippen molar-refractivity contribution in [1.29, 1.82) is 0 Å². The fraction of sp³-hybridized carbons (Fsp3) is 0.435. The van der Waals surface area contributed by atoms with Gasteiger partial charge in [0.1, 0.15) is 17.6 Å². The largest absolute Gasteiger partial charge is 0.506 e. The number of fused-ring (bicyclic) bond motifs is 1. The van der Waals surface area contributed by atoms with Crippen LogP contribution in [0.4, 0.5) is 5.69 Å². The molecule has 2 aliphatic heterocycles. The Kier molecular flexibility index (Phi) is 5.90. The zero-order valence-electron chi connectivity index (χ0n) is 17.0. The summed E-state index contributed by atoms with van der Waals surface area (Å²) in [5, 5.41) is 10.0. The van der Waals surface area contributed by atoms with Gasteiger partial charge >= 0.3 is 0 Å². The number of amides is 1. The fourth-order valence-electron chi connectivity index (χ4n) is 4.18. The van der Waals surface area contributed by atoms with Crippen molar-refractivity contribution in [3.8, 4) is 11.5 Å². The normalized spacial score (nSPS) is 20.0. The molecule has 0 radical (unpaired) electrons. The van der Waals surface area contributed by atoms with E-state index in [1.165, 1.54) is 5.56 Å². The molecule has 0 bridgehead atoms. The van der Waals surface area contributed by atoms with Crippen molar-refractivity contribution in [2.75, 3.05) is 44.2 Å². The Morgan fingerprint density at radius 2 is 1.79 bits per heavy atom. The van der Waals surface area contributed by atoms with Crippen LogP contribution in [0.3, 0.4) is 0 Å².